The molecule has 1 N–H and O–H groups in total. The van der Waals surface area contributed by atoms with Gasteiger partial charge in [-0.05, 0) is 60.7 Å². The van der Waals surface area contributed by atoms with Gasteiger partial charge in [0.15, 0.2) is 0 Å². The van der Waals surface area contributed by atoms with Crippen LogP contribution in [0.25, 0.3) is 0 Å². The molecule has 0 aromatic carbocycles. The van der Waals surface area contributed by atoms with Crippen LogP contribution in [-0.4, -0.2) is 11.7 Å². The molecule has 0 aromatic rings. The van der Waals surface area contributed by atoms with Crippen LogP contribution in [0.2, 0.25) is 0 Å². The van der Waals surface area contributed by atoms with Gasteiger partial charge in [-0.1, -0.05) is 27.7 Å². The summed E-state index contributed by atoms with van der Waals surface area (Å²) in [5.74, 6) is 2.59. The molecule has 0 aromatic heterocycles. The van der Waals surface area contributed by atoms with Crippen molar-refractivity contribution in [2.24, 2.45) is 28.6 Å². The molecule has 1 heteroatoms. The predicted octanol–water partition coefficient (Wildman–Crippen LogP) is 3.86. The maximum atomic E-state index is 9.48. The Hall–Kier alpha value is -0.0400. The van der Waals surface area contributed by atoms with Gasteiger partial charge in [-0.25, -0.2) is 0 Å². The molecule has 0 saturated heterocycles. The normalized spacial score (nSPS) is 45.9. The first-order chi connectivity index (χ1) is 7.46. The molecule has 2 aliphatic carbocycles. The smallest absolute Gasteiger partial charge is 0.0490 e. The molecule has 0 radical (unpaired) electrons. The van der Waals surface area contributed by atoms with Crippen molar-refractivity contribution in [3.63, 3.8) is 0 Å². The molecule has 3 unspecified atom stereocenters. The summed E-state index contributed by atoms with van der Waals surface area (Å²) < 4.78 is 0. The molecule has 0 heterocycles. The van der Waals surface area contributed by atoms with Crippen molar-refractivity contribution >= 4 is 0 Å². The lowest BCUT2D eigenvalue weighted by Gasteiger charge is -2.32. The van der Waals surface area contributed by atoms with E-state index in [0.717, 1.165) is 24.2 Å². The summed E-state index contributed by atoms with van der Waals surface area (Å²) >= 11 is 0. The average Bonchev–Trinajstić information content (AvgIpc) is 2.90. The number of aliphatic hydroxyl groups is 1. The maximum Gasteiger partial charge on any atom is 0.0490 e. The Labute approximate surface area is 101 Å². The van der Waals surface area contributed by atoms with Crippen molar-refractivity contribution in [3.8, 4) is 0 Å². The lowest BCUT2D eigenvalue weighted by atomic mass is 9.73. The first kappa shape index (κ1) is 12.4. The monoisotopic (exact) mass is 224 g/mol. The van der Waals surface area contributed by atoms with Gasteiger partial charge in [-0.2, -0.15) is 0 Å². The molecule has 1 nitrogen and oxygen atoms in total. The van der Waals surface area contributed by atoms with Gasteiger partial charge < -0.3 is 5.11 Å². The Morgan fingerprint density at radius 2 is 1.88 bits per heavy atom. The predicted molar refractivity (Wildman–Crippen MR) is 68.2 cm³/mol. The van der Waals surface area contributed by atoms with Gasteiger partial charge in [0.05, 0.1) is 0 Å². The van der Waals surface area contributed by atoms with E-state index >= 15 is 0 Å². The largest absolute Gasteiger partial charge is 0.396 e. The SMILES string of the molecule is CCC1(CO)CC1C[C@H]1CCC(C)C1(C)C. The third-order valence-electron chi connectivity index (χ3n) is 6.22. The van der Waals surface area contributed by atoms with Crippen LogP contribution < -0.4 is 0 Å². The summed E-state index contributed by atoms with van der Waals surface area (Å²) in [5.41, 5.74) is 0.847. The second-order valence-corrected chi connectivity index (χ2v) is 7.01. The fourth-order valence-corrected chi connectivity index (χ4v) is 3.87. The highest BCUT2D eigenvalue weighted by Crippen LogP contribution is 2.61. The highest BCUT2D eigenvalue weighted by Gasteiger charge is 2.54. The third kappa shape index (κ3) is 1.81. The molecule has 2 saturated carbocycles. The molecule has 2 fully saturated rings. The van der Waals surface area contributed by atoms with E-state index in [0.29, 0.717) is 17.4 Å². The molecule has 16 heavy (non-hydrogen) atoms. The minimum Gasteiger partial charge on any atom is -0.396 e. The van der Waals surface area contributed by atoms with E-state index in [1.54, 1.807) is 0 Å². The molecule has 0 spiro atoms. The summed E-state index contributed by atoms with van der Waals surface area (Å²) in [6.07, 6.45) is 6.63. The maximum absolute atomic E-state index is 9.48. The van der Waals surface area contributed by atoms with Gasteiger partial charge in [0.25, 0.3) is 0 Å². The molecular formula is C15H28O. The summed E-state index contributed by atoms with van der Waals surface area (Å²) in [6.45, 7) is 9.95. The number of hydrogen-bond acceptors (Lipinski definition) is 1. The lowest BCUT2D eigenvalue weighted by Crippen LogP contribution is -2.24. The second-order valence-electron chi connectivity index (χ2n) is 7.01. The minimum absolute atomic E-state index is 0.321. The van der Waals surface area contributed by atoms with Gasteiger partial charge in [-0.3, -0.25) is 0 Å². The fraction of sp³-hybridized carbons (Fsp3) is 1.00. The highest BCUT2D eigenvalue weighted by molar-refractivity contribution is 5.03. The van der Waals surface area contributed by atoms with E-state index in [9.17, 15) is 5.11 Å². The zero-order valence-electron chi connectivity index (χ0n) is 11.4. The Kier molecular flexibility index (Phi) is 3.11. The van der Waals surface area contributed by atoms with Crippen molar-refractivity contribution in [1.82, 2.24) is 0 Å². The second kappa shape index (κ2) is 4.01. The lowest BCUT2D eigenvalue weighted by molar-refractivity contribution is 0.154. The van der Waals surface area contributed by atoms with E-state index in [1.807, 2.05) is 0 Å². The van der Waals surface area contributed by atoms with Crippen LogP contribution in [0.15, 0.2) is 0 Å². The number of hydrogen-bond donors (Lipinski definition) is 1. The summed E-state index contributed by atoms with van der Waals surface area (Å²) in [4.78, 5) is 0. The summed E-state index contributed by atoms with van der Waals surface area (Å²) in [7, 11) is 0. The van der Waals surface area contributed by atoms with Crippen molar-refractivity contribution in [3.05, 3.63) is 0 Å². The summed E-state index contributed by atoms with van der Waals surface area (Å²) in [6, 6.07) is 0. The first-order valence-corrected chi connectivity index (χ1v) is 7.07. The molecule has 94 valence electrons. The van der Waals surface area contributed by atoms with E-state index in [4.69, 9.17) is 0 Å². The van der Waals surface area contributed by atoms with Gasteiger partial charge in [-0.15, -0.1) is 0 Å². The van der Waals surface area contributed by atoms with Crippen molar-refractivity contribution in [2.45, 2.75) is 59.8 Å². The van der Waals surface area contributed by atoms with Gasteiger partial charge in [0.1, 0.15) is 0 Å². The molecule has 0 amide bonds. The van der Waals surface area contributed by atoms with Crippen LogP contribution >= 0.6 is 0 Å². The van der Waals surface area contributed by atoms with Crippen molar-refractivity contribution in [2.75, 3.05) is 6.61 Å². The standard InChI is InChI=1S/C15H28O/c1-5-15(10-16)9-13(15)8-12-7-6-11(2)14(12,3)4/h11-13,16H,5-10H2,1-4H3/t11?,12-,13?,15?/m1/s1. The molecule has 4 atom stereocenters. The third-order valence-corrected chi connectivity index (χ3v) is 6.22. The zero-order valence-corrected chi connectivity index (χ0v) is 11.4. The van der Waals surface area contributed by atoms with Gasteiger partial charge >= 0.3 is 0 Å². The topological polar surface area (TPSA) is 20.2 Å². The van der Waals surface area contributed by atoms with E-state index in [-0.39, 0.29) is 0 Å². The fourth-order valence-electron chi connectivity index (χ4n) is 3.87. The van der Waals surface area contributed by atoms with Gasteiger partial charge in [0.2, 0.25) is 0 Å². The van der Waals surface area contributed by atoms with Crippen LogP contribution in [0.4, 0.5) is 0 Å². The molecule has 2 aliphatic rings. The quantitative estimate of drug-likeness (QED) is 0.769. The highest BCUT2D eigenvalue weighted by atomic mass is 16.3. The number of aliphatic hydroxyl groups excluding tert-OH is 1. The molecule has 2 rings (SSSR count). The minimum atomic E-state index is 0.321. The molecule has 0 bridgehead atoms. The Morgan fingerprint density at radius 3 is 2.25 bits per heavy atom. The first-order valence-electron chi connectivity index (χ1n) is 7.07. The number of rotatable bonds is 4. The van der Waals surface area contributed by atoms with E-state index < -0.39 is 0 Å². The average molecular weight is 224 g/mol. The van der Waals surface area contributed by atoms with E-state index in [1.165, 1.54) is 25.7 Å². The van der Waals surface area contributed by atoms with Crippen LogP contribution in [-0.2, 0) is 0 Å². The Morgan fingerprint density at radius 1 is 1.19 bits per heavy atom. The van der Waals surface area contributed by atoms with Crippen molar-refractivity contribution in [1.29, 1.82) is 0 Å². The van der Waals surface area contributed by atoms with Crippen LogP contribution in [0.5, 0.6) is 0 Å². The zero-order chi connectivity index (χ0) is 12.0. The Bertz CT molecular complexity index is 252. The van der Waals surface area contributed by atoms with Crippen LogP contribution in [0.1, 0.15) is 59.8 Å². The molecule has 0 aliphatic heterocycles. The molecular weight excluding hydrogens is 196 g/mol. The summed E-state index contributed by atoms with van der Waals surface area (Å²) in [5, 5.41) is 9.48. The van der Waals surface area contributed by atoms with Crippen LogP contribution in [0, 0.1) is 28.6 Å². The van der Waals surface area contributed by atoms with Crippen molar-refractivity contribution < 1.29 is 5.11 Å². The Balaban J connectivity index is 1.93. The van der Waals surface area contributed by atoms with Gasteiger partial charge in [0, 0.05) is 6.61 Å². The van der Waals surface area contributed by atoms with Crippen LogP contribution in [0.3, 0.4) is 0 Å². The van der Waals surface area contributed by atoms with E-state index in [2.05, 4.69) is 27.7 Å².